The number of aromatic nitrogens is 2. The fourth-order valence-corrected chi connectivity index (χ4v) is 3.95. The predicted molar refractivity (Wildman–Crippen MR) is 93.2 cm³/mol. The monoisotopic (exact) mass is 396 g/mol. The summed E-state index contributed by atoms with van der Waals surface area (Å²) < 4.78 is 43.2. The molecule has 0 saturated heterocycles. The summed E-state index contributed by atoms with van der Waals surface area (Å²) >= 11 is 0.969. The van der Waals surface area contributed by atoms with Gasteiger partial charge >= 0.3 is 5.97 Å². The lowest BCUT2D eigenvalue weighted by Crippen LogP contribution is -2.04. The van der Waals surface area contributed by atoms with E-state index in [1.54, 1.807) is 0 Å². The van der Waals surface area contributed by atoms with Gasteiger partial charge in [0.05, 0.1) is 23.9 Å². The normalized spacial score (nSPS) is 11.7. The molecule has 26 heavy (non-hydrogen) atoms. The van der Waals surface area contributed by atoms with Crippen LogP contribution in [0.15, 0.2) is 29.6 Å². The Morgan fingerprint density at radius 2 is 2.12 bits per heavy atom. The van der Waals surface area contributed by atoms with Gasteiger partial charge in [-0.05, 0) is 17.7 Å². The minimum Gasteiger partial charge on any atom is -0.465 e. The van der Waals surface area contributed by atoms with E-state index in [1.165, 1.54) is 25.4 Å². The molecule has 0 aliphatic heterocycles. The summed E-state index contributed by atoms with van der Waals surface area (Å²) in [4.78, 5) is 20.1. The van der Waals surface area contributed by atoms with Crippen LogP contribution in [0.2, 0.25) is 0 Å². The number of carbonyl (C=O) groups excluding carboxylic acids is 1. The molecule has 0 spiro atoms. The van der Waals surface area contributed by atoms with Crippen molar-refractivity contribution in [1.82, 2.24) is 9.97 Å². The number of carbonyl (C=O) groups is 1. The lowest BCUT2D eigenvalue weighted by molar-refractivity contribution is 0.0607. The number of methoxy groups -OCH3 is 1. The molecule has 0 radical (unpaired) electrons. The lowest BCUT2D eigenvalue weighted by atomic mass is 10.0. The third kappa shape index (κ3) is 3.18. The third-order valence-corrected chi connectivity index (χ3v) is 5.55. The van der Waals surface area contributed by atoms with Crippen molar-refractivity contribution >= 4 is 37.4 Å². The van der Waals surface area contributed by atoms with E-state index in [0.29, 0.717) is 10.3 Å². The number of thiophene rings is 1. The average molecular weight is 396 g/mol. The largest absolute Gasteiger partial charge is 0.465 e. The van der Waals surface area contributed by atoms with Crippen LogP contribution in [0.4, 0.5) is 4.39 Å². The van der Waals surface area contributed by atoms with Crippen molar-refractivity contribution in [1.29, 1.82) is 0 Å². The van der Waals surface area contributed by atoms with Crippen LogP contribution in [0.3, 0.4) is 0 Å². The molecule has 136 valence electrons. The minimum absolute atomic E-state index is 0.0151. The van der Waals surface area contributed by atoms with E-state index in [-0.39, 0.29) is 28.1 Å². The van der Waals surface area contributed by atoms with Gasteiger partial charge in [-0.3, -0.25) is 0 Å². The van der Waals surface area contributed by atoms with E-state index in [4.69, 9.17) is 4.74 Å². The zero-order valence-electron chi connectivity index (χ0n) is 13.7. The molecule has 2 aromatic heterocycles. The zero-order chi connectivity index (χ0) is 19.1. The van der Waals surface area contributed by atoms with Crippen LogP contribution in [0.25, 0.3) is 21.3 Å². The quantitative estimate of drug-likeness (QED) is 0.532. The van der Waals surface area contributed by atoms with Crippen LogP contribution < -0.4 is 0 Å². The number of rotatable bonds is 4. The fourth-order valence-electron chi connectivity index (χ4n) is 2.40. The first-order valence-corrected chi connectivity index (χ1v) is 9.94. The molecule has 0 saturated carbocycles. The van der Waals surface area contributed by atoms with Gasteiger partial charge in [0.15, 0.2) is 0 Å². The van der Waals surface area contributed by atoms with Crippen LogP contribution >= 0.6 is 11.3 Å². The number of esters is 1. The third-order valence-electron chi connectivity index (χ3n) is 3.59. The van der Waals surface area contributed by atoms with Gasteiger partial charge in [-0.15, -0.1) is 11.3 Å². The second-order valence-electron chi connectivity index (χ2n) is 5.41. The van der Waals surface area contributed by atoms with Crippen LogP contribution in [0, 0.1) is 5.82 Å². The molecule has 0 unspecified atom stereocenters. The molecule has 3 aromatic rings. The summed E-state index contributed by atoms with van der Waals surface area (Å²) in [6, 6.07) is 3.94. The maximum Gasteiger partial charge on any atom is 0.348 e. The summed E-state index contributed by atoms with van der Waals surface area (Å²) in [5.41, 5.74) is 0.673. The standard InChI is InChI=1S/C16H13FN2O5S2/c1-24-15(21)14-12(9-5-8(7-20)3-4-10(9)17)13-11(25-14)6-18-16(19-13)26(2,22)23/h3-6,20H,7H2,1-2H3. The number of ether oxygens (including phenoxy) is 1. The number of fused-ring (bicyclic) bond motifs is 1. The molecule has 10 heteroatoms. The minimum atomic E-state index is -3.70. The van der Waals surface area contributed by atoms with Crippen LogP contribution in [-0.4, -0.2) is 42.8 Å². The van der Waals surface area contributed by atoms with E-state index in [2.05, 4.69) is 9.97 Å². The maximum atomic E-state index is 14.5. The number of aliphatic hydroxyl groups is 1. The van der Waals surface area contributed by atoms with Crippen molar-refractivity contribution in [2.75, 3.05) is 13.4 Å². The first-order chi connectivity index (χ1) is 12.3. The summed E-state index contributed by atoms with van der Waals surface area (Å²) in [6.45, 7) is -0.327. The van der Waals surface area contributed by atoms with E-state index in [9.17, 15) is 22.7 Å². The molecule has 1 aromatic carbocycles. The topological polar surface area (TPSA) is 106 Å². The SMILES string of the molecule is COC(=O)c1sc2cnc(S(C)(=O)=O)nc2c1-c1cc(CO)ccc1F. The molecule has 0 amide bonds. The molecule has 0 aliphatic carbocycles. The Balaban J connectivity index is 2.42. The number of benzene rings is 1. The Hall–Kier alpha value is -2.43. The molecule has 3 rings (SSSR count). The van der Waals surface area contributed by atoms with Gasteiger partial charge in [-0.2, -0.15) is 0 Å². The fraction of sp³-hybridized carbons (Fsp3) is 0.188. The zero-order valence-corrected chi connectivity index (χ0v) is 15.3. The number of halogens is 1. The molecule has 0 fully saturated rings. The second kappa shape index (κ2) is 6.71. The Morgan fingerprint density at radius 1 is 1.38 bits per heavy atom. The molecule has 0 atom stereocenters. The number of sulfone groups is 1. The molecule has 7 nitrogen and oxygen atoms in total. The van der Waals surface area contributed by atoms with Gasteiger partial charge in [-0.25, -0.2) is 27.6 Å². The predicted octanol–water partition coefficient (Wildman–Crippen LogP) is 2.18. The maximum absolute atomic E-state index is 14.5. The van der Waals surface area contributed by atoms with Gasteiger partial charge in [0.1, 0.15) is 10.7 Å². The highest BCUT2D eigenvalue weighted by atomic mass is 32.2. The summed E-state index contributed by atoms with van der Waals surface area (Å²) in [5.74, 6) is -1.36. The summed E-state index contributed by atoms with van der Waals surface area (Å²) in [7, 11) is -2.52. The number of hydrogen-bond donors (Lipinski definition) is 1. The number of hydrogen-bond acceptors (Lipinski definition) is 8. The summed E-state index contributed by atoms with van der Waals surface area (Å²) in [5, 5.41) is 8.89. The van der Waals surface area contributed by atoms with Gasteiger partial charge in [0, 0.05) is 23.6 Å². The van der Waals surface area contributed by atoms with Crippen LogP contribution in [0.1, 0.15) is 15.2 Å². The van der Waals surface area contributed by atoms with Crippen molar-refractivity contribution in [3.63, 3.8) is 0 Å². The van der Waals surface area contributed by atoms with Gasteiger partial charge in [0.2, 0.25) is 15.0 Å². The molecule has 2 heterocycles. The Labute approximate surface area is 152 Å². The van der Waals surface area contributed by atoms with Crippen LogP contribution in [0.5, 0.6) is 0 Å². The van der Waals surface area contributed by atoms with Crippen molar-refractivity contribution in [3.05, 3.63) is 40.7 Å². The van der Waals surface area contributed by atoms with Crippen LogP contribution in [-0.2, 0) is 21.2 Å². The molecule has 0 aliphatic rings. The van der Waals surface area contributed by atoms with E-state index in [0.717, 1.165) is 23.7 Å². The second-order valence-corrected chi connectivity index (χ2v) is 8.37. The van der Waals surface area contributed by atoms with E-state index in [1.807, 2.05) is 0 Å². The van der Waals surface area contributed by atoms with Crippen molar-refractivity contribution in [2.24, 2.45) is 0 Å². The molecule has 0 bridgehead atoms. The first kappa shape index (κ1) is 18.4. The Kier molecular flexibility index (Phi) is 4.74. The Bertz CT molecular complexity index is 1130. The number of nitrogens with zero attached hydrogens (tertiary/aromatic N) is 2. The average Bonchev–Trinajstić information content (AvgIpc) is 2.99. The summed E-state index contributed by atoms with van der Waals surface area (Å²) in [6.07, 6.45) is 2.22. The molecule has 1 N–H and O–H groups in total. The van der Waals surface area contributed by atoms with E-state index >= 15 is 0 Å². The smallest absolute Gasteiger partial charge is 0.348 e. The highest BCUT2D eigenvalue weighted by molar-refractivity contribution is 7.90. The first-order valence-electron chi connectivity index (χ1n) is 7.23. The van der Waals surface area contributed by atoms with Gasteiger partial charge in [0.25, 0.3) is 0 Å². The van der Waals surface area contributed by atoms with Crippen molar-refractivity contribution < 1.29 is 27.4 Å². The van der Waals surface area contributed by atoms with Gasteiger partial charge in [-0.1, -0.05) is 6.07 Å². The highest BCUT2D eigenvalue weighted by Gasteiger charge is 2.25. The van der Waals surface area contributed by atoms with Crippen molar-refractivity contribution in [2.45, 2.75) is 11.8 Å². The van der Waals surface area contributed by atoms with Crippen molar-refractivity contribution in [3.8, 4) is 11.1 Å². The number of aliphatic hydroxyl groups excluding tert-OH is 1. The lowest BCUT2D eigenvalue weighted by Gasteiger charge is -2.07. The Morgan fingerprint density at radius 3 is 2.73 bits per heavy atom. The molecular weight excluding hydrogens is 383 g/mol. The molecular formula is C16H13FN2O5S2. The van der Waals surface area contributed by atoms with Gasteiger partial charge < -0.3 is 9.84 Å². The van der Waals surface area contributed by atoms with E-state index < -0.39 is 26.8 Å². The highest BCUT2D eigenvalue weighted by Crippen LogP contribution is 2.39.